The van der Waals surface area contributed by atoms with Crippen molar-refractivity contribution in [2.75, 3.05) is 7.11 Å². The van der Waals surface area contributed by atoms with E-state index in [0.717, 1.165) is 11.1 Å². The van der Waals surface area contributed by atoms with Crippen LogP contribution in [0.2, 0.25) is 0 Å². The van der Waals surface area contributed by atoms with E-state index in [1.165, 1.54) is 13.4 Å². The van der Waals surface area contributed by atoms with Gasteiger partial charge in [0.15, 0.2) is 5.52 Å². The molecule has 7 nitrogen and oxygen atoms in total. The van der Waals surface area contributed by atoms with Crippen LogP contribution >= 0.6 is 0 Å². The molecule has 0 aliphatic heterocycles. The number of carboxylic acids is 1. The number of benzene rings is 2. The second-order valence-electron chi connectivity index (χ2n) is 7.04. The van der Waals surface area contributed by atoms with Crippen LogP contribution in [0, 0.1) is 0 Å². The summed E-state index contributed by atoms with van der Waals surface area (Å²) in [6, 6.07) is 20.6. The molecule has 0 spiro atoms. The Kier molecular flexibility index (Phi) is 5.10. The highest BCUT2D eigenvalue weighted by Crippen LogP contribution is 2.38. The van der Waals surface area contributed by atoms with Crippen LogP contribution in [0.4, 0.5) is 0 Å². The first-order chi connectivity index (χ1) is 14.5. The standard InChI is InChI=1S/C23H21N3O4/c1-23(15-9-5-3-6-10-15,16-11-7-4-8-12-16)20(22(27)28)30-21-19-17(24-14-25-19)13-18(26-21)29-2/h3-14,20H,1-2H3,(H,24,25)(H,27,28)/t20-/m0/s1. The zero-order chi connectivity index (χ0) is 21.1. The molecule has 0 bridgehead atoms. The number of ether oxygens (including phenoxy) is 2. The Morgan fingerprint density at radius 1 is 1.07 bits per heavy atom. The molecule has 0 unspecified atom stereocenters. The fourth-order valence-electron chi connectivity index (χ4n) is 3.65. The van der Waals surface area contributed by atoms with E-state index in [2.05, 4.69) is 15.0 Å². The zero-order valence-electron chi connectivity index (χ0n) is 16.6. The second-order valence-corrected chi connectivity index (χ2v) is 7.04. The number of imidazole rings is 1. The summed E-state index contributed by atoms with van der Waals surface area (Å²) in [6.07, 6.45) is 0.226. The summed E-state index contributed by atoms with van der Waals surface area (Å²) in [5.74, 6) is -0.721. The number of carbonyl (C=O) groups is 1. The predicted molar refractivity (Wildman–Crippen MR) is 112 cm³/mol. The number of H-pyrrole nitrogens is 1. The molecule has 0 saturated heterocycles. The molecule has 30 heavy (non-hydrogen) atoms. The highest BCUT2D eigenvalue weighted by molar-refractivity contribution is 5.82. The van der Waals surface area contributed by atoms with E-state index < -0.39 is 17.5 Å². The number of pyridine rings is 1. The van der Waals surface area contributed by atoms with Gasteiger partial charge in [-0.15, -0.1) is 0 Å². The molecule has 1 atom stereocenters. The lowest BCUT2D eigenvalue weighted by Gasteiger charge is -2.36. The quantitative estimate of drug-likeness (QED) is 0.487. The maximum Gasteiger partial charge on any atom is 0.346 e. The molecular formula is C23H21N3O4. The summed E-state index contributed by atoms with van der Waals surface area (Å²) in [5.41, 5.74) is 1.70. The third-order valence-electron chi connectivity index (χ3n) is 5.29. The third kappa shape index (κ3) is 3.34. The lowest BCUT2D eigenvalue weighted by atomic mass is 9.72. The van der Waals surface area contributed by atoms with E-state index in [9.17, 15) is 9.90 Å². The van der Waals surface area contributed by atoms with Crippen LogP contribution in [0.1, 0.15) is 18.1 Å². The summed E-state index contributed by atoms with van der Waals surface area (Å²) in [5, 5.41) is 10.2. The number of nitrogens with zero attached hydrogens (tertiary/aromatic N) is 2. The Morgan fingerprint density at radius 2 is 1.67 bits per heavy atom. The minimum atomic E-state index is -1.28. The van der Waals surface area contributed by atoms with Gasteiger partial charge in [-0.2, -0.15) is 4.98 Å². The van der Waals surface area contributed by atoms with Crippen LogP contribution in [-0.2, 0) is 10.2 Å². The van der Waals surface area contributed by atoms with Gasteiger partial charge < -0.3 is 19.6 Å². The molecule has 2 heterocycles. The van der Waals surface area contributed by atoms with Crippen molar-refractivity contribution in [1.29, 1.82) is 0 Å². The van der Waals surface area contributed by atoms with Gasteiger partial charge in [-0.1, -0.05) is 60.7 Å². The van der Waals surface area contributed by atoms with E-state index in [1.54, 1.807) is 6.07 Å². The summed E-state index contributed by atoms with van der Waals surface area (Å²) < 4.78 is 11.3. The van der Waals surface area contributed by atoms with Crippen LogP contribution < -0.4 is 9.47 Å². The fraction of sp³-hybridized carbons (Fsp3) is 0.174. The van der Waals surface area contributed by atoms with Gasteiger partial charge in [0.05, 0.1) is 24.4 Å². The molecule has 152 valence electrons. The SMILES string of the molecule is COc1cc2[nH]cnc2c(O[C@@H](C(=O)O)C(C)(c2ccccc2)c2ccccc2)n1. The number of hydrogen-bond acceptors (Lipinski definition) is 5. The minimum absolute atomic E-state index is 0.0936. The number of rotatable bonds is 7. The van der Waals surface area contributed by atoms with Crippen molar-refractivity contribution in [2.24, 2.45) is 0 Å². The number of aromatic amines is 1. The maximum atomic E-state index is 12.5. The van der Waals surface area contributed by atoms with Crippen LogP contribution in [-0.4, -0.2) is 39.2 Å². The van der Waals surface area contributed by atoms with E-state index in [1.807, 2.05) is 67.6 Å². The summed E-state index contributed by atoms with van der Waals surface area (Å²) in [6.45, 7) is 1.86. The Bertz CT molecular complexity index is 1120. The molecule has 2 N–H and O–H groups in total. The van der Waals surface area contributed by atoms with Crippen LogP contribution in [0.5, 0.6) is 11.8 Å². The Morgan fingerprint density at radius 3 is 2.20 bits per heavy atom. The predicted octanol–water partition coefficient (Wildman–Crippen LogP) is 3.80. The van der Waals surface area contributed by atoms with Gasteiger partial charge in [0.2, 0.25) is 17.9 Å². The molecule has 0 radical (unpaired) electrons. The fourth-order valence-corrected chi connectivity index (χ4v) is 3.65. The van der Waals surface area contributed by atoms with Crippen molar-refractivity contribution in [3.05, 3.63) is 84.2 Å². The van der Waals surface area contributed by atoms with E-state index in [0.29, 0.717) is 16.9 Å². The molecule has 7 heteroatoms. The smallest absolute Gasteiger partial charge is 0.346 e. The van der Waals surface area contributed by atoms with Crippen molar-refractivity contribution in [2.45, 2.75) is 18.4 Å². The minimum Gasteiger partial charge on any atom is -0.481 e. The van der Waals surface area contributed by atoms with Crippen LogP contribution in [0.3, 0.4) is 0 Å². The largest absolute Gasteiger partial charge is 0.481 e. The zero-order valence-corrected chi connectivity index (χ0v) is 16.6. The normalized spacial score (nSPS) is 12.5. The van der Waals surface area contributed by atoms with Gasteiger partial charge in [0.25, 0.3) is 0 Å². The number of methoxy groups -OCH3 is 1. The Hall–Kier alpha value is -3.87. The molecule has 4 aromatic rings. The number of nitrogens with one attached hydrogen (secondary N) is 1. The van der Waals surface area contributed by atoms with Gasteiger partial charge in [0.1, 0.15) is 0 Å². The van der Waals surface area contributed by atoms with E-state index in [4.69, 9.17) is 9.47 Å². The number of aliphatic carboxylic acids is 1. The molecule has 0 aliphatic rings. The first kappa shape index (κ1) is 19.4. The monoisotopic (exact) mass is 403 g/mol. The Labute approximate surface area is 173 Å². The Balaban J connectivity index is 1.88. The molecule has 0 aliphatic carbocycles. The first-order valence-corrected chi connectivity index (χ1v) is 9.42. The highest BCUT2D eigenvalue weighted by Gasteiger charge is 2.45. The van der Waals surface area contributed by atoms with Crippen molar-refractivity contribution >= 4 is 17.0 Å². The van der Waals surface area contributed by atoms with Crippen molar-refractivity contribution < 1.29 is 19.4 Å². The molecule has 0 saturated carbocycles. The van der Waals surface area contributed by atoms with Gasteiger partial charge >= 0.3 is 5.97 Å². The topological polar surface area (TPSA) is 97.3 Å². The summed E-state index contributed by atoms with van der Waals surface area (Å²) in [4.78, 5) is 24.1. The number of aromatic nitrogens is 3. The van der Waals surface area contributed by atoms with E-state index >= 15 is 0 Å². The lowest BCUT2D eigenvalue weighted by Crippen LogP contribution is -2.47. The molecule has 2 aromatic heterocycles. The van der Waals surface area contributed by atoms with Crippen LogP contribution in [0.25, 0.3) is 11.0 Å². The third-order valence-corrected chi connectivity index (χ3v) is 5.29. The van der Waals surface area contributed by atoms with Gasteiger partial charge in [-0.3, -0.25) is 0 Å². The number of carboxylic acid groups (broad SMARTS) is 1. The molecule has 0 fully saturated rings. The van der Waals surface area contributed by atoms with Crippen LogP contribution in [0.15, 0.2) is 73.1 Å². The maximum absolute atomic E-state index is 12.5. The molecular weight excluding hydrogens is 382 g/mol. The average molecular weight is 403 g/mol. The lowest BCUT2D eigenvalue weighted by molar-refractivity contribution is -0.147. The van der Waals surface area contributed by atoms with Crippen molar-refractivity contribution in [3.63, 3.8) is 0 Å². The molecule has 2 aromatic carbocycles. The van der Waals surface area contributed by atoms with E-state index in [-0.39, 0.29) is 5.88 Å². The number of hydrogen-bond donors (Lipinski definition) is 2. The summed E-state index contributed by atoms with van der Waals surface area (Å²) >= 11 is 0. The van der Waals surface area contributed by atoms with Crippen molar-refractivity contribution in [1.82, 2.24) is 15.0 Å². The van der Waals surface area contributed by atoms with Gasteiger partial charge in [-0.25, -0.2) is 9.78 Å². The molecule has 4 rings (SSSR count). The second kappa shape index (κ2) is 7.87. The first-order valence-electron chi connectivity index (χ1n) is 9.42. The van der Waals surface area contributed by atoms with Crippen molar-refractivity contribution in [3.8, 4) is 11.8 Å². The highest BCUT2D eigenvalue weighted by atomic mass is 16.5. The van der Waals surface area contributed by atoms with Gasteiger partial charge in [-0.05, 0) is 18.1 Å². The summed E-state index contributed by atoms with van der Waals surface area (Å²) in [7, 11) is 1.49. The van der Waals surface area contributed by atoms with Gasteiger partial charge in [0, 0.05) is 6.07 Å². The number of fused-ring (bicyclic) bond motifs is 1. The average Bonchev–Trinajstić information content (AvgIpc) is 3.26. The molecule has 0 amide bonds.